The van der Waals surface area contributed by atoms with Gasteiger partial charge in [-0.05, 0) is 29.0 Å². The Kier molecular flexibility index (Phi) is 7.64. The Balaban J connectivity index is 1.65. The van der Waals surface area contributed by atoms with Gasteiger partial charge in [0.05, 0.1) is 6.61 Å². The summed E-state index contributed by atoms with van der Waals surface area (Å²) in [5.74, 6) is 0.361. The van der Waals surface area contributed by atoms with Crippen LogP contribution in [-0.2, 0) is 16.0 Å². The maximum Gasteiger partial charge on any atom is 0.246 e. The second-order valence-electron chi connectivity index (χ2n) is 6.52. The molecule has 2 rings (SSSR count). The standard InChI is InChI=1S/C21H28N2O2/c1-16(2)18-8-10-19(11-9-18)20(22)14-23-21(24)15-25-13-12-17-6-4-3-5-7-17/h3-11,16,20H,12-15,22H2,1-2H3,(H,23,24). The van der Waals surface area contributed by atoms with Gasteiger partial charge in [0.25, 0.3) is 0 Å². The fraction of sp³-hybridized carbons (Fsp3) is 0.381. The van der Waals surface area contributed by atoms with Crippen LogP contribution in [0.1, 0.15) is 42.5 Å². The lowest BCUT2D eigenvalue weighted by molar-refractivity contribution is -0.125. The van der Waals surface area contributed by atoms with Gasteiger partial charge in [-0.15, -0.1) is 0 Å². The number of benzene rings is 2. The molecular formula is C21H28N2O2. The number of rotatable bonds is 9. The third-order valence-electron chi connectivity index (χ3n) is 4.16. The number of hydrogen-bond donors (Lipinski definition) is 2. The van der Waals surface area contributed by atoms with Gasteiger partial charge in [0, 0.05) is 12.6 Å². The van der Waals surface area contributed by atoms with Crippen molar-refractivity contribution in [2.75, 3.05) is 19.8 Å². The smallest absolute Gasteiger partial charge is 0.246 e. The van der Waals surface area contributed by atoms with Gasteiger partial charge in [-0.1, -0.05) is 68.4 Å². The molecule has 4 heteroatoms. The van der Waals surface area contributed by atoms with Crippen LogP contribution in [0.25, 0.3) is 0 Å². The van der Waals surface area contributed by atoms with Crippen LogP contribution in [0.4, 0.5) is 0 Å². The van der Waals surface area contributed by atoms with E-state index in [0.29, 0.717) is 19.1 Å². The number of carbonyl (C=O) groups excluding carboxylic acids is 1. The predicted octanol–water partition coefficient (Wildman–Crippen LogP) is 3.19. The average Bonchev–Trinajstić information content (AvgIpc) is 2.64. The highest BCUT2D eigenvalue weighted by atomic mass is 16.5. The van der Waals surface area contributed by atoms with Gasteiger partial charge >= 0.3 is 0 Å². The SMILES string of the molecule is CC(C)c1ccc(C(N)CNC(=O)COCCc2ccccc2)cc1. The lowest BCUT2D eigenvalue weighted by Crippen LogP contribution is -2.34. The molecule has 0 aromatic heterocycles. The summed E-state index contributed by atoms with van der Waals surface area (Å²) in [6, 6.07) is 18.1. The minimum atomic E-state index is -0.213. The van der Waals surface area contributed by atoms with Crippen LogP contribution < -0.4 is 11.1 Å². The minimum Gasteiger partial charge on any atom is -0.371 e. The summed E-state index contributed by atoms with van der Waals surface area (Å²) < 4.78 is 5.43. The molecule has 0 aliphatic heterocycles. The molecule has 3 N–H and O–H groups in total. The zero-order chi connectivity index (χ0) is 18.1. The fourth-order valence-corrected chi connectivity index (χ4v) is 2.52. The Morgan fingerprint density at radius 3 is 2.32 bits per heavy atom. The summed E-state index contributed by atoms with van der Waals surface area (Å²) in [6.45, 7) is 5.31. The monoisotopic (exact) mass is 340 g/mol. The number of carbonyl (C=O) groups is 1. The molecule has 134 valence electrons. The Bertz CT molecular complexity index is 639. The topological polar surface area (TPSA) is 64.3 Å². The highest BCUT2D eigenvalue weighted by Crippen LogP contribution is 2.17. The molecule has 0 saturated heterocycles. The first-order chi connectivity index (χ1) is 12.1. The van der Waals surface area contributed by atoms with Crippen molar-refractivity contribution in [3.8, 4) is 0 Å². The predicted molar refractivity (Wildman–Crippen MR) is 101 cm³/mol. The van der Waals surface area contributed by atoms with Gasteiger partial charge in [0.15, 0.2) is 0 Å². The quantitative estimate of drug-likeness (QED) is 0.689. The van der Waals surface area contributed by atoms with Crippen molar-refractivity contribution in [3.63, 3.8) is 0 Å². The molecule has 0 fully saturated rings. The number of ether oxygens (including phenoxy) is 1. The van der Waals surface area contributed by atoms with Gasteiger partial charge in [0.2, 0.25) is 5.91 Å². The summed E-state index contributed by atoms with van der Waals surface area (Å²) in [7, 11) is 0. The first kappa shape index (κ1) is 19.2. The molecule has 0 radical (unpaired) electrons. The van der Waals surface area contributed by atoms with Crippen molar-refractivity contribution in [2.45, 2.75) is 32.2 Å². The van der Waals surface area contributed by atoms with Crippen LogP contribution >= 0.6 is 0 Å². The summed E-state index contributed by atoms with van der Waals surface area (Å²) in [5.41, 5.74) is 9.66. The third-order valence-corrected chi connectivity index (χ3v) is 4.16. The summed E-state index contributed by atoms with van der Waals surface area (Å²) in [5, 5.41) is 2.83. The highest BCUT2D eigenvalue weighted by Gasteiger charge is 2.09. The maximum absolute atomic E-state index is 11.8. The molecule has 0 saturated carbocycles. The largest absolute Gasteiger partial charge is 0.371 e. The molecule has 0 aliphatic rings. The third kappa shape index (κ3) is 6.69. The molecule has 2 aromatic carbocycles. The van der Waals surface area contributed by atoms with E-state index in [1.807, 2.05) is 42.5 Å². The number of hydrogen-bond acceptors (Lipinski definition) is 3. The first-order valence-electron chi connectivity index (χ1n) is 8.80. The van der Waals surface area contributed by atoms with Crippen LogP contribution in [-0.4, -0.2) is 25.7 Å². The number of nitrogens with one attached hydrogen (secondary N) is 1. The average molecular weight is 340 g/mol. The van der Waals surface area contributed by atoms with Gasteiger partial charge < -0.3 is 15.8 Å². The molecule has 25 heavy (non-hydrogen) atoms. The molecule has 0 aliphatic carbocycles. The maximum atomic E-state index is 11.8. The van der Waals surface area contributed by atoms with E-state index in [2.05, 4.69) is 31.3 Å². The minimum absolute atomic E-state index is 0.0614. The molecule has 0 spiro atoms. The van der Waals surface area contributed by atoms with Crippen molar-refractivity contribution >= 4 is 5.91 Å². The molecule has 0 bridgehead atoms. The zero-order valence-corrected chi connectivity index (χ0v) is 15.1. The van der Waals surface area contributed by atoms with Crippen LogP contribution in [0.15, 0.2) is 54.6 Å². The Hall–Kier alpha value is -2.17. The van der Waals surface area contributed by atoms with E-state index in [0.717, 1.165) is 12.0 Å². The van der Waals surface area contributed by atoms with Crippen molar-refractivity contribution in [1.82, 2.24) is 5.32 Å². The Labute approximate surface area is 150 Å². The summed E-state index contributed by atoms with van der Waals surface area (Å²) in [4.78, 5) is 11.8. The normalized spacial score (nSPS) is 12.2. The summed E-state index contributed by atoms with van der Waals surface area (Å²) in [6.07, 6.45) is 0.801. The van der Waals surface area contributed by atoms with Crippen molar-refractivity contribution in [2.24, 2.45) is 5.73 Å². The number of amides is 1. The Morgan fingerprint density at radius 2 is 1.68 bits per heavy atom. The van der Waals surface area contributed by atoms with E-state index in [9.17, 15) is 4.79 Å². The second kappa shape index (κ2) is 9.97. The molecule has 0 heterocycles. The van der Waals surface area contributed by atoms with Gasteiger partial charge in [0.1, 0.15) is 6.61 Å². The lowest BCUT2D eigenvalue weighted by Gasteiger charge is -2.14. The number of nitrogens with two attached hydrogens (primary N) is 1. The van der Waals surface area contributed by atoms with Crippen LogP contribution in [0, 0.1) is 0 Å². The lowest BCUT2D eigenvalue weighted by atomic mass is 9.99. The van der Waals surface area contributed by atoms with Crippen molar-refractivity contribution in [3.05, 3.63) is 71.3 Å². The molecule has 2 aromatic rings. The van der Waals surface area contributed by atoms with Crippen molar-refractivity contribution < 1.29 is 9.53 Å². The molecular weight excluding hydrogens is 312 g/mol. The van der Waals surface area contributed by atoms with Gasteiger partial charge in [-0.2, -0.15) is 0 Å². The summed E-state index contributed by atoms with van der Waals surface area (Å²) >= 11 is 0. The first-order valence-corrected chi connectivity index (χ1v) is 8.80. The van der Waals surface area contributed by atoms with E-state index in [1.165, 1.54) is 11.1 Å². The van der Waals surface area contributed by atoms with Crippen LogP contribution in [0.5, 0.6) is 0 Å². The van der Waals surface area contributed by atoms with Crippen LogP contribution in [0.2, 0.25) is 0 Å². The molecule has 4 nitrogen and oxygen atoms in total. The van der Waals surface area contributed by atoms with E-state index in [-0.39, 0.29) is 18.6 Å². The van der Waals surface area contributed by atoms with E-state index >= 15 is 0 Å². The van der Waals surface area contributed by atoms with Crippen LogP contribution in [0.3, 0.4) is 0 Å². The van der Waals surface area contributed by atoms with Crippen molar-refractivity contribution in [1.29, 1.82) is 0 Å². The fourth-order valence-electron chi connectivity index (χ4n) is 2.52. The molecule has 1 amide bonds. The Morgan fingerprint density at radius 1 is 1.04 bits per heavy atom. The van der Waals surface area contributed by atoms with Gasteiger partial charge in [-0.3, -0.25) is 4.79 Å². The second-order valence-corrected chi connectivity index (χ2v) is 6.52. The molecule has 1 unspecified atom stereocenters. The van der Waals surface area contributed by atoms with E-state index in [1.54, 1.807) is 0 Å². The van der Waals surface area contributed by atoms with Gasteiger partial charge in [-0.25, -0.2) is 0 Å². The highest BCUT2D eigenvalue weighted by molar-refractivity contribution is 5.77. The van der Waals surface area contributed by atoms with E-state index in [4.69, 9.17) is 10.5 Å². The van der Waals surface area contributed by atoms with E-state index < -0.39 is 0 Å². The zero-order valence-electron chi connectivity index (χ0n) is 15.1. The molecule has 1 atom stereocenters.